The molecular formula is C20H24N2O4. The fourth-order valence-corrected chi connectivity index (χ4v) is 2.27. The first kappa shape index (κ1) is 19.3. The molecule has 2 aromatic rings. The van der Waals surface area contributed by atoms with Crippen molar-refractivity contribution in [1.29, 1.82) is 0 Å². The third-order valence-corrected chi connectivity index (χ3v) is 3.89. The van der Waals surface area contributed by atoms with Gasteiger partial charge in [-0.3, -0.25) is 20.4 Å². The second-order valence-corrected chi connectivity index (χ2v) is 5.88. The topological polar surface area (TPSA) is 76.7 Å². The normalized spacial score (nSPS) is 11.4. The fourth-order valence-electron chi connectivity index (χ4n) is 2.27. The van der Waals surface area contributed by atoms with Crippen molar-refractivity contribution < 1.29 is 19.1 Å². The van der Waals surface area contributed by atoms with E-state index in [1.165, 1.54) is 0 Å². The highest BCUT2D eigenvalue weighted by atomic mass is 16.5. The fraction of sp³-hybridized carbons (Fsp3) is 0.300. The molecule has 0 saturated carbocycles. The second kappa shape index (κ2) is 8.89. The molecule has 2 N–H and O–H groups in total. The van der Waals surface area contributed by atoms with E-state index < -0.39 is 17.9 Å². The van der Waals surface area contributed by atoms with Gasteiger partial charge in [-0.2, -0.15) is 0 Å². The third-order valence-electron chi connectivity index (χ3n) is 3.89. The molecule has 2 amide bonds. The van der Waals surface area contributed by atoms with E-state index in [0.717, 1.165) is 11.1 Å². The molecule has 0 bridgehead atoms. The molecule has 0 saturated heterocycles. The maximum absolute atomic E-state index is 12.3. The largest absolute Gasteiger partial charge is 0.493 e. The van der Waals surface area contributed by atoms with Crippen LogP contribution >= 0.6 is 0 Å². The van der Waals surface area contributed by atoms with Crippen LogP contribution in [0.2, 0.25) is 0 Å². The molecule has 0 aliphatic carbocycles. The standard InChI is InChI=1S/C20H24N2O4/c1-5-25-18-9-7-6-8-17(18)20(24)22-21-19(23)15(4)26-16-11-10-13(2)14(3)12-16/h6-12,15H,5H2,1-4H3,(H,21,23)(H,22,24). The van der Waals surface area contributed by atoms with Gasteiger partial charge in [0.05, 0.1) is 12.2 Å². The highest BCUT2D eigenvalue weighted by Gasteiger charge is 2.17. The smallest absolute Gasteiger partial charge is 0.279 e. The molecular weight excluding hydrogens is 332 g/mol. The summed E-state index contributed by atoms with van der Waals surface area (Å²) in [4.78, 5) is 24.4. The monoisotopic (exact) mass is 356 g/mol. The van der Waals surface area contributed by atoms with E-state index >= 15 is 0 Å². The van der Waals surface area contributed by atoms with E-state index in [9.17, 15) is 9.59 Å². The Morgan fingerprint density at radius 2 is 1.77 bits per heavy atom. The number of carbonyl (C=O) groups excluding carboxylic acids is 2. The lowest BCUT2D eigenvalue weighted by molar-refractivity contribution is -0.128. The summed E-state index contributed by atoms with van der Waals surface area (Å²) in [6, 6.07) is 12.4. The summed E-state index contributed by atoms with van der Waals surface area (Å²) in [5.41, 5.74) is 7.34. The van der Waals surface area contributed by atoms with Gasteiger partial charge in [0.25, 0.3) is 11.8 Å². The van der Waals surface area contributed by atoms with Crippen LogP contribution in [0.15, 0.2) is 42.5 Å². The predicted octanol–water partition coefficient (Wildman–Crippen LogP) is 2.93. The van der Waals surface area contributed by atoms with Crippen LogP contribution in [0.4, 0.5) is 0 Å². The molecule has 0 aromatic heterocycles. The van der Waals surface area contributed by atoms with Crippen molar-refractivity contribution in [3.63, 3.8) is 0 Å². The zero-order valence-electron chi connectivity index (χ0n) is 15.5. The first-order chi connectivity index (χ1) is 12.4. The van der Waals surface area contributed by atoms with E-state index in [0.29, 0.717) is 23.7 Å². The number of hydrogen-bond donors (Lipinski definition) is 2. The van der Waals surface area contributed by atoms with Crippen molar-refractivity contribution in [3.05, 3.63) is 59.2 Å². The van der Waals surface area contributed by atoms with E-state index in [1.54, 1.807) is 31.2 Å². The molecule has 0 spiro atoms. The van der Waals surface area contributed by atoms with Gasteiger partial charge in [-0.05, 0) is 63.1 Å². The number of rotatable bonds is 6. The van der Waals surface area contributed by atoms with Crippen LogP contribution in [0.5, 0.6) is 11.5 Å². The zero-order valence-corrected chi connectivity index (χ0v) is 15.5. The molecule has 1 unspecified atom stereocenters. The van der Waals surface area contributed by atoms with Crippen molar-refractivity contribution >= 4 is 11.8 Å². The number of carbonyl (C=O) groups is 2. The number of aryl methyl sites for hydroxylation is 2. The van der Waals surface area contributed by atoms with Gasteiger partial charge in [-0.15, -0.1) is 0 Å². The Labute approximate surface area is 153 Å². The number of ether oxygens (including phenoxy) is 2. The molecule has 1 atom stereocenters. The van der Waals surface area contributed by atoms with E-state index in [4.69, 9.17) is 9.47 Å². The number of para-hydroxylation sites is 1. The first-order valence-electron chi connectivity index (χ1n) is 8.48. The third kappa shape index (κ3) is 4.99. The van der Waals surface area contributed by atoms with Gasteiger partial charge >= 0.3 is 0 Å². The summed E-state index contributed by atoms with van der Waals surface area (Å²) in [7, 11) is 0. The van der Waals surface area contributed by atoms with Gasteiger partial charge in [0.1, 0.15) is 11.5 Å². The molecule has 2 aromatic carbocycles. The van der Waals surface area contributed by atoms with Crippen molar-refractivity contribution in [2.75, 3.05) is 6.61 Å². The van der Waals surface area contributed by atoms with E-state index in [1.807, 2.05) is 39.0 Å². The van der Waals surface area contributed by atoms with Gasteiger partial charge in [0.15, 0.2) is 6.10 Å². The van der Waals surface area contributed by atoms with Crippen LogP contribution in [0.1, 0.15) is 35.3 Å². The van der Waals surface area contributed by atoms with Crippen LogP contribution in [-0.2, 0) is 4.79 Å². The lowest BCUT2D eigenvalue weighted by atomic mass is 10.1. The summed E-state index contributed by atoms with van der Waals surface area (Å²) in [6.45, 7) is 7.87. The molecule has 2 rings (SSSR count). The van der Waals surface area contributed by atoms with Gasteiger partial charge < -0.3 is 9.47 Å². The summed E-state index contributed by atoms with van der Waals surface area (Å²) in [6.07, 6.45) is -0.764. The van der Waals surface area contributed by atoms with Gasteiger partial charge in [0, 0.05) is 0 Å². The average molecular weight is 356 g/mol. The van der Waals surface area contributed by atoms with Crippen LogP contribution in [0.3, 0.4) is 0 Å². The van der Waals surface area contributed by atoms with Crippen molar-refractivity contribution in [2.24, 2.45) is 0 Å². The SMILES string of the molecule is CCOc1ccccc1C(=O)NNC(=O)C(C)Oc1ccc(C)c(C)c1. The molecule has 0 aliphatic heterocycles. The summed E-state index contributed by atoms with van der Waals surface area (Å²) in [5, 5.41) is 0. The number of amides is 2. The van der Waals surface area contributed by atoms with Crippen LogP contribution in [0.25, 0.3) is 0 Å². The highest BCUT2D eigenvalue weighted by Crippen LogP contribution is 2.18. The molecule has 0 radical (unpaired) electrons. The lowest BCUT2D eigenvalue weighted by Gasteiger charge is -2.16. The molecule has 0 fully saturated rings. The summed E-state index contributed by atoms with van der Waals surface area (Å²) < 4.78 is 11.0. The lowest BCUT2D eigenvalue weighted by Crippen LogP contribution is -2.47. The van der Waals surface area contributed by atoms with E-state index in [2.05, 4.69) is 10.9 Å². The molecule has 138 valence electrons. The molecule has 0 heterocycles. The molecule has 0 aliphatic rings. The molecule has 26 heavy (non-hydrogen) atoms. The maximum Gasteiger partial charge on any atom is 0.279 e. The minimum Gasteiger partial charge on any atom is -0.493 e. The number of benzene rings is 2. The Hall–Kier alpha value is -3.02. The van der Waals surface area contributed by atoms with Crippen LogP contribution < -0.4 is 20.3 Å². The molecule has 6 nitrogen and oxygen atoms in total. The summed E-state index contributed by atoms with van der Waals surface area (Å²) in [5.74, 6) is 0.149. The maximum atomic E-state index is 12.3. The number of nitrogens with one attached hydrogen (secondary N) is 2. The van der Waals surface area contributed by atoms with Crippen molar-refractivity contribution in [2.45, 2.75) is 33.8 Å². The van der Waals surface area contributed by atoms with Crippen molar-refractivity contribution in [1.82, 2.24) is 10.9 Å². The number of hydrogen-bond acceptors (Lipinski definition) is 4. The Bertz CT molecular complexity index is 789. The van der Waals surface area contributed by atoms with E-state index in [-0.39, 0.29) is 0 Å². The highest BCUT2D eigenvalue weighted by molar-refractivity contribution is 5.98. The Kier molecular flexibility index (Phi) is 6.60. The zero-order chi connectivity index (χ0) is 19.1. The quantitative estimate of drug-likeness (QED) is 0.780. The predicted molar refractivity (Wildman–Crippen MR) is 99.2 cm³/mol. The Morgan fingerprint density at radius 3 is 2.46 bits per heavy atom. The van der Waals surface area contributed by atoms with Crippen LogP contribution in [0, 0.1) is 13.8 Å². The van der Waals surface area contributed by atoms with Crippen molar-refractivity contribution in [3.8, 4) is 11.5 Å². The van der Waals surface area contributed by atoms with Crippen LogP contribution in [-0.4, -0.2) is 24.5 Å². The van der Waals surface area contributed by atoms with Gasteiger partial charge in [-0.1, -0.05) is 18.2 Å². The molecule has 6 heteroatoms. The number of hydrazine groups is 1. The minimum atomic E-state index is -0.764. The van der Waals surface area contributed by atoms with Gasteiger partial charge in [0.2, 0.25) is 0 Å². The summed E-state index contributed by atoms with van der Waals surface area (Å²) >= 11 is 0. The average Bonchev–Trinajstić information content (AvgIpc) is 2.63. The minimum absolute atomic E-state index is 0.345. The van der Waals surface area contributed by atoms with Gasteiger partial charge in [-0.25, -0.2) is 0 Å². The first-order valence-corrected chi connectivity index (χ1v) is 8.48. The second-order valence-electron chi connectivity index (χ2n) is 5.88. The Balaban J connectivity index is 1.93. The Morgan fingerprint density at radius 1 is 1.04 bits per heavy atom.